The molecular formula is C6H9N3O. The Kier molecular flexibility index (Phi) is 1.73. The Hall–Kier alpha value is -1.29. The van der Waals surface area contributed by atoms with Crippen LogP contribution >= 0.6 is 0 Å². The minimum Gasteiger partial charge on any atom is -0.397 e. The zero-order chi connectivity index (χ0) is 7.56. The summed E-state index contributed by atoms with van der Waals surface area (Å²) in [6.45, 7) is -0.147. The summed E-state index contributed by atoms with van der Waals surface area (Å²) in [5.41, 5.74) is 12.2. The minimum absolute atomic E-state index is 0.147. The fraction of sp³-hybridized carbons (Fsp3) is 0.167. The predicted molar refractivity (Wildman–Crippen MR) is 39.0 cm³/mol. The Morgan fingerprint density at radius 2 is 2.20 bits per heavy atom. The largest absolute Gasteiger partial charge is 0.397 e. The van der Waals surface area contributed by atoms with Crippen LogP contribution in [0.1, 0.15) is 5.69 Å². The summed E-state index contributed by atoms with van der Waals surface area (Å²) in [5.74, 6) is 0. The third kappa shape index (κ3) is 1.16. The molecule has 5 N–H and O–H groups in total. The highest BCUT2D eigenvalue weighted by atomic mass is 16.3. The Balaban J connectivity index is 3.07. The fourth-order valence-corrected chi connectivity index (χ4v) is 0.659. The van der Waals surface area contributed by atoms with Crippen molar-refractivity contribution in [1.29, 1.82) is 0 Å². The molecule has 0 fully saturated rings. The monoisotopic (exact) mass is 139 g/mol. The molecule has 1 heterocycles. The molecule has 0 aliphatic carbocycles. The molecule has 0 atom stereocenters. The van der Waals surface area contributed by atoms with E-state index >= 15 is 0 Å². The zero-order valence-corrected chi connectivity index (χ0v) is 5.41. The zero-order valence-electron chi connectivity index (χ0n) is 5.41. The normalized spacial score (nSPS) is 9.70. The molecular weight excluding hydrogens is 130 g/mol. The first-order valence-corrected chi connectivity index (χ1v) is 2.84. The highest BCUT2D eigenvalue weighted by Crippen LogP contribution is 2.11. The number of nitrogens with zero attached hydrogens (tertiary/aromatic N) is 1. The maximum Gasteiger partial charge on any atom is 0.0888 e. The lowest BCUT2D eigenvalue weighted by molar-refractivity contribution is 0.277. The number of hydrogen-bond donors (Lipinski definition) is 3. The maximum atomic E-state index is 8.63. The lowest BCUT2D eigenvalue weighted by atomic mass is 10.3. The standard InChI is InChI=1S/C6H9N3O/c7-4-1-5(8)6(3-10)9-2-4/h1-2,10H,3,7-8H2. The molecule has 0 saturated carbocycles. The molecule has 4 heteroatoms. The van der Waals surface area contributed by atoms with Gasteiger partial charge in [-0.1, -0.05) is 0 Å². The SMILES string of the molecule is Nc1cnc(CO)c(N)c1. The van der Waals surface area contributed by atoms with Crippen molar-refractivity contribution in [3.63, 3.8) is 0 Å². The number of pyridine rings is 1. The van der Waals surface area contributed by atoms with Gasteiger partial charge in [0, 0.05) is 0 Å². The van der Waals surface area contributed by atoms with Crippen molar-refractivity contribution < 1.29 is 5.11 Å². The number of nitrogen functional groups attached to an aromatic ring is 2. The van der Waals surface area contributed by atoms with E-state index in [0.717, 1.165) is 0 Å². The number of anilines is 2. The molecule has 0 bridgehead atoms. The van der Waals surface area contributed by atoms with Gasteiger partial charge < -0.3 is 16.6 Å². The van der Waals surface area contributed by atoms with E-state index < -0.39 is 0 Å². The predicted octanol–water partition coefficient (Wildman–Crippen LogP) is -0.262. The third-order valence-electron chi connectivity index (χ3n) is 1.17. The summed E-state index contributed by atoms with van der Waals surface area (Å²) in [7, 11) is 0. The van der Waals surface area contributed by atoms with Crippen molar-refractivity contribution in [2.24, 2.45) is 0 Å². The molecule has 0 saturated heterocycles. The average molecular weight is 139 g/mol. The molecule has 0 aliphatic rings. The number of nitrogens with two attached hydrogens (primary N) is 2. The molecule has 0 spiro atoms. The van der Waals surface area contributed by atoms with Crippen LogP contribution in [-0.4, -0.2) is 10.1 Å². The van der Waals surface area contributed by atoms with E-state index in [9.17, 15) is 0 Å². The van der Waals surface area contributed by atoms with Crippen LogP contribution in [0, 0.1) is 0 Å². The number of aromatic nitrogens is 1. The molecule has 10 heavy (non-hydrogen) atoms. The van der Waals surface area contributed by atoms with E-state index in [-0.39, 0.29) is 6.61 Å². The van der Waals surface area contributed by atoms with Gasteiger partial charge in [0.05, 0.1) is 29.9 Å². The van der Waals surface area contributed by atoms with E-state index in [0.29, 0.717) is 17.1 Å². The molecule has 1 rings (SSSR count). The van der Waals surface area contributed by atoms with Gasteiger partial charge in [-0.25, -0.2) is 0 Å². The van der Waals surface area contributed by atoms with Gasteiger partial charge in [0.2, 0.25) is 0 Å². The Labute approximate surface area is 58.5 Å². The molecule has 4 nitrogen and oxygen atoms in total. The van der Waals surface area contributed by atoms with Gasteiger partial charge in [0.15, 0.2) is 0 Å². The topological polar surface area (TPSA) is 85.2 Å². The molecule has 1 aromatic rings. The van der Waals surface area contributed by atoms with Crippen molar-refractivity contribution in [3.05, 3.63) is 18.0 Å². The Morgan fingerprint density at radius 1 is 1.50 bits per heavy atom. The lowest BCUT2D eigenvalue weighted by Crippen LogP contribution is -1.99. The van der Waals surface area contributed by atoms with E-state index in [4.69, 9.17) is 16.6 Å². The number of hydrogen-bond acceptors (Lipinski definition) is 4. The van der Waals surface area contributed by atoms with Crippen LogP contribution in [0.2, 0.25) is 0 Å². The summed E-state index contributed by atoms with van der Waals surface area (Å²) < 4.78 is 0. The van der Waals surface area contributed by atoms with Gasteiger partial charge in [0.25, 0.3) is 0 Å². The number of rotatable bonds is 1. The Bertz CT molecular complexity index is 236. The average Bonchev–Trinajstić information content (AvgIpc) is 1.88. The van der Waals surface area contributed by atoms with E-state index in [2.05, 4.69) is 4.98 Å². The Morgan fingerprint density at radius 3 is 2.70 bits per heavy atom. The molecule has 0 unspecified atom stereocenters. The van der Waals surface area contributed by atoms with Gasteiger partial charge in [-0.3, -0.25) is 4.98 Å². The van der Waals surface area contributed by atoms with Crippen LogP contribution in [0.3, 0.4) is 0 Å². The van der Waals surface area contributed by atoms with Crippen molar-refractivity contribution in [1.82, 2.24) is 4.98 Å². The first-order chi connectivity index (χ1) is 4.74. The maximum absolute atomic E-state index is 8.63. The van der Waals surface area contributed by atoms with E-state index in [1.54, 1.807) is 6.07 Å². The second-order valence-electron chi connectivity index (χ2n) is 1.96. The quantitative estimate of drug-likeness (QED) is 0.500. The van der Waals surface area contributed by atoms with Crippen LogP contribution in [0.25, 0.3) is 0 Å². The van der Waals surface area contributed by atoms with E-state index in [1.165, 1.54) is 6.20 Å². The van der Waals surface area contributed by atoms with Crippen LogP contribution in [0.5, 0.6) is 0 Å². The number of aliphatic hydroxyl groups excluding tert-OH is 1. The minimum atomic E-state index is -0.147. The van der Waals surface area contributed by atoms with Gasteiger partial charge in [-0.2, -0.15) is 0 Å². The summed E-state index contributed by atoms with van der Waals surface area (Å²) in [6.07, 6.45) is 1.46. The first-order valence-electron chi connectivity index (χ1n) is 2.84. The summed E-state index contributed by atoms with van der Waals surface area (Å²) in [5, 5.41) is 8.63. The van der Waals surface area contributed by atoms with Gasteiger partial charge in [0.1, 0.15) is 0 Å². The van der Waals surface area contributed by atoms with Gasteiger partial charge in [-0.05, 0) is 6.07 Å². The van der Waals surface area contributed by atoms with Gasteiger partial charge in [-0.15, -0.1) is 0 Å². The van der Waals surface area contributed by atoms with Crippen LogP contribution in [0.4, 0.5) is 11.4 Å². The molecule has 0 radical (unpaired) electrons. The smallest absolute Gasteiger partial charge is 0.0888 e. The molecule has 0 aromatic carbocycles. The van der Waals surface area contributed by atoms with Crippen molar-refractivity contribution >= 4 is 11.4 Å². The second-order valence-corrected chi connectivity index (χ2v) is 1.96. The second kappa shape index (κ2) is 2.53. The first kappa shape index (κ1) is 6.82. The van der Waals surface area contributed by atoms with Crippen molar-refractivity contribution in [2.45, 2.75) is 6.61 Å². The molecule has 54 valence electrons. The lowest BCUT2D eigenvalue weighted by Gasteiger charge is -2.00. The van der Waals surface area contributed by atoms with Gasteiger partial charge >= 0.3 is 0 Å². The van der Waals surface area contributed by atoms with Crippen molar-refractivity contribution in [2.75, 3.05) is 11.5 Å². The van der Waals surface area contributed by atoms with Crippen molar-refractivity contribution in [3.8, 4) is 0 Å². The van der Waals surface area contributed by atoms with Crippen LogP contribution in [-0.2, 0) is 6.61 Å². The highest BCUT2D eigenvalue weighted by molar-refractivity contribution is 5.52. The summed E-state index contributed by atoms with van der Waals surface area (Å²) >= 11 is 0. The fourth-order valence-electron chi connectivity index (χ4n) is 0.659. The third-order valence-corrected chi connectivity index (χ3v) is 1.17. The van der Waals surface area contributed by atoms with E-state index in [1.807, 2.05) is 0 Å². The van der Waals surface area contributed by atoms with Crippen LogP contribution < -0.4 is 11.5 Å². The number of aliphatic hydroxyl groups is 1. The summed E-state index contributed by atoms with van der Waals surface area (Å²) in [4.78, 5) is 3.80. The summed E-state index contributed by atoms with van der Waals surface area (Å²) in [6, 6.07) is 1.57. The van der Waals surface area contributed by atoms with Crippen LogP contribution in [0.15, 0.2) is 12.3 Å². The highest BCUT2D eigenvalue weighted by Gasteiger charge is 1.97. The molecule has 1 aromatic heterocycles. The molecule has 0 amide bonds. The molecule has 0 aliphatic heterocycles.